The maximum atomic E-state index is 9.86. The van der Waals surface area contributed by atoms with E-state index in [2.05, 4.69) is 15.4 Å². The molecule has 1 heterocycles. The molecule has 5 heteroatoms. The third kappa shape index (κ3) is 0.810. The average Bonchev–Trinajstić information content (AvgIpc) is 2.14. The second kappa shape index (κ2) is 1.80. The molecule has 0 unspecified atom stereocenters. The summed E-state index contributed by atoms with van der Waals surface area (Å²) in [7, 11) is -0.0586. The molecule has 36 valence electrons. The molecule has 0 amide bonds. The Hall–Kier alpha value is -0.760. The van der Waals surface area contributed by atoms with Gasteiger partial charge in [0.05, 0.1) is 5.10 Å². The van der Waals surface area contributed by atoms with Gasteiger partial charge >= 0.3 is 5.44 Å². The largest absolute Gasteiger partial charge is 0.307 e. The molecule has 2 N–H and O–H groups in total. The van der Waals surface area contributed by atoms with Crippen LogP contribution in [-0.4, -0.2) is 10.3 Å². The Morgan fingerprint density at radius 1 is 2.00 bits per heavy atom. The van der Waals surface area contributed by atoms with Crippen molar-refractivity contribution < 1.29 is 9.66 Å². The van der Waals surface area contributed by atoms with Gasteiger partial charge in [-0.05, 0) is 0 Å². The molecule has 7 heavy (non-hydrogen) atoms. The van der Waals surface area contributed by atoms with Gasteiger partial charge in [-0.25, -0.2) is 0 Å². The van der Waals surface area contributed by atoms with Crippen molar-refractivity contribution in [1.29, 1.82) is 0 Å². The van der Waals surface area contributed by atoms with Crippen molar-refractivity contribution >= 4 is 13.9 Å². The molecule has 0 aliphatic rings. The number of aromatic amines is 2. The van der Waals surface area contributed by atoms with E-state index in [0.29, 0.717) is 5.44 Å². The number of aromatic nitrogens is 3. The van der Waals surface area contributed by atoms with E-state index in [1.54, 1.807) is 0 Å². The van der Waals surface area contributed by atoms with Crippen LogP contribution in [0.25, 0.3) is 0 Å². The average molecular weight is 116 g/mol. The van der Waals surface area contributed by atoms with Gasteiger partial charge in [0.15, 0.2) is 6.20 Å². The van der Waals surface area contributed by atoms with Gasteiger partial charge in [0, 0.05) is 0 Å². The van der Waals surface area contributed by atoms with Gasteiger partial charge in [-0.3, -0.25) is 4.57 Å². The van der Waals surface area contributed by atoms with E-state index in [-0.39, 0.29) is 8.46 Å². The summed E-state index contributed by atoms with van der Waals surface area (Å²) >= 11 is 0. The Labute approximate surface area is 41.1 Å². The highest BCUT2D eigenvalue weighted by molar-refractivity contribution is 7.33. The summed E-state index contributed by atoms with van der Waals surface area (Å²) in [6.07, 6.45) is 1.52. The molecule has 1 rings (SSSR count). The van der Waals surface area contributed by atoms with E-state index >= 15 is 0 Å². The minimum absolute atomic E-state index is 0.0586. The summed E-state index contributed by atoms with van der Waals surface area (Å²) in [5.74, 6) is 0. The van der Waals surface area contributed by atoms with Crippen LogP contribution in [0.1, 0.15) is 0 Å². The zero-order valence-corrected chi connectivity index (χ0v) is 4.27. The molecule has 0 saturated carbocycles. The lowest BCUT2D eigenvalue weighted by molar-refractivity contribution is -0.454. The molecule has 0 radical (unpaired) electrons. The third-order valence-electron chi connectivity index (χ3n) is 0.530. The zero-order chi connectivity index (χ0) is 5.11. The first-order valence-corrected chi connectivity index (χ1v) is 2.49. The van der Waals surface area contributed by atoms with Crippen molar-refractivity contribution in [2.45, 2.75) is 0 Å². The van der Waals surface area contributed by atoms with Crippen LogP contribution in [0.5, 0.6) is 0 Å². The molecule has 0 aliphatic heterocycles. The lowest BCUT2D eigenvalue weighted by Crippen LogP contribution is -1.98. The smallest absolute Gasteiger partial charge is 0.265 e. The highest BCUT2D eigenvalue weighted by atomic mass is 31.1. The molecule has 0 aromatic carbocycles. The molecule has 0 atom stereocenters. The number of hydrogen-bond acceptors (Lipinski definition) is 2. The van der Waals surface area contributed by atoms with Gasteiger partial charge in [-0.1, -0.05) is 5.21 Å². The van der Waals surface area contributed by atoms with Crippen LogP contribution in [0, 0.1) is 0 Å². The van der Waals surface area contributed by atoms with Crippen LogP contribution in [0.2, 0.25) is 0 Å². The fraction of sp³-hybridized carbons (Fsp3) is 0. The lowest BCUT2D eigenvalue weighted by Gasteiger charge is -1.48. The molecular formula is C2H3N3OP+. The predicted octanol–water partition coefficient (Wildman–Crippen LogP) is -0.859. The summed E-state index contributed by atoms with van der Waals surface area (Å²) < 4.78 is 9.86. The first-order chi connectivity index (χ1) is 3.43. The summed E-state index contributed by atoms with van der Waals surface area (Å²) in [4.78, 5) is 0. The van der Waals surface area contributed by atoms with E-state index in [9.17, 15) is 4.57 Å². The summed E-state index contributed by atoms with van der Waals surface area (Å²) in [6, 6.07) is 0. The number of H-pyrrole nitrogens is 2. The fourth-order valence-corrected chi connectivity index (χ4v) is 0.473. The van der Waals surface area contributed by atoms with Gasteiger partial charge in [0.2, 0.25) is 8.46 Å². The van der Waals surface area contributed by atoms with E-state index in [0.717, 1.165) is 0 Å². The Morgan fingerprint density at radius 3 is 3.14 bits per heavy atom. The minimum Gasteiger partial charge on any atom is -0.265 e. The van der Waals surface area contributed by atoms with Crippen molar-refractivity contribution in [1.82, 2.24) is 10.3 Å². The highest BCUT2D eigenvalue weighted by Gasteiger charge is 1.98. The molecule has 0 saturated heterocycles. The molecule has 4 nitrogen and oxygen atoms in total. The molecule has 0 aliphatic carbocycles. The topological polar surface area (TPSA) is 59.9 Å². The standard InChI is InChI=1S/C2H2N3OP/c6-7-2-1-3-5-4-2/h1H,(H,3,4,5)/p+1. The van der Waals surface area contributed by atoms with Crippen LogP contribution in [-0.2, 0) is 4.57 Å². The normalized spacial score (nSPS) is 9.71. The first kappa shape index (κ1) is 4.40. The van der Waals surface area contributed by atoms with Gasteiger partial charge in [0.25, 0.3) is 0 Å². The van der Waals surface area contributed by atoms with Crippen LogP contribution < -0.4 is 10.5 Å². The Balaban J connectivity index is 2.96. The predicted molar refractivity (Wildman–Crippen MR) is 22.4 cm³/mol. The van der Waals surface area contributed by atoms with Crippen LogP contribution in [0.3, 0.4) is 0 Å². The van der Waals surface area contributed by atoms with Crippen LogP contribution in [0.15, 0.2) is 6.20 Å². The summed E-state index contributed by atoms with van der Waals surface area (Å²) in [6.45, 7) is 0. The van der Waals surface area contributed by atoms with E-state index in [1.807, 2.05) is 0 Å². The van der Waals surface area contributed by atoms with Gasteiger partial charge in [-0.15, -0.1) is 0 Å². The molecule has 1 aromatic rings. The molecular weight excluding hydrogens is 113 g/mol. The van der Waals surface area contributed by atoms with Crippen molar-refractivity contribution in [2.24, 2.45) is 0 Å². The number of hydrogen-bond donors (Lipinski definition) is 1. The maximum absolute atomic E-state index is 9.86. The number of rotatable bonds is 1. The van der Waals surface area contributed by atoms with Crippen molar-refractivity contribution in [3.8, 4) is 0 Å². The van der Waals surface area contributed by atoms with E-state index in [4.69, 9.17) is 0 Å². The summed E-state index contributed by atoms with van der Waals surface area (Å²) in [5.41, 5.74) is 0.486. The monoisotopic (exact) mass is 116 g/mol. The summed E-state index contributed by atoms with van der Waals surface area (Å²) in [5, 5.41) is 8.47. The number of nitrogens with one attached hydrogen (secondary N) is 2. The second-order valence-corrected chi connectivity index (χ2v) is 1.60. The van der Waals surface area contributed by atoms with Gasteiger partial charge in [-0.2, -0.15) is 5.10 Å². The quantitative estimate of drug-likeness (QED) is 0.485. The van der Waals surface area contributed by atoms with Crippen LogP contribution >= 0.6 is 8.46 Å². The third-order valence-corrected chi connectivity index (χ3v) is 0.946. The SMILES string of the molecule is O=Pc1c[nH+][nH]n1. The lowest BCUT2D eigenvalue weighted by atomic mass is 11.0. The maximum Gasteiger partial charge on any atom is 0.307 e. The molecule has 0 bridgehead atoms. The molecule has 1 aromatic heterocycles. The van der Waals surface area contributed by atoms with Crippen molar-refractivity contribution in [3.63, 3.8) is 0 Å². The van der Waals surface area contributed by atoms with Crippen molar-refractivity contribution in [2.75, 3.05) is 0 Å². The Bertz CT molecular complexity index is 148. The highest BCUT2D eigenvalue weighted by Crippen LogP contribution is 1.81. The Morgan fingerprint density at radius 2 is 2.86 bits per heavy atom. The van der Waals surface area contributed by atoms with Crippen LogP contribution in [0.4, 0.5) is 0 Å². The Kier molecular flexibility index (Phi) is 1.13. The van der Waals surface area contributed by atoms with E-state index in [1.165, 1.54) is 6.20 Å². The van der Waals surface area contributed by atoms with Gasteiger partial charge < -0.3 is 0 Å². The molecule has 0 fully saturated rings. The van der Waals surface area contributed by atoms with Gasteiger partial charge in [0.1, 0.15) is 0 Å². The first-order valence-electron chi connectivity index (χ1n) is 1.68. The van der Waals surface area contributed by atoms with Crippen molar-refractivity contribution in [3.05, 3.63) is 6.20 Å². The van der Waals surface area contributed by atoms with E-state index < -0.39 is 0 Å². The molecule has 0 spiro atoms. The second-order valence-electron chi connectivity index (χ2n) is 0.962. The number of nitrogens with zero attached hydrogens (tertiary/aromatic N) is 1. The fourth-order valence-electron chi connectivity index (χ4n) is 0.265. The zero-order valence-electron chi connectivity index (χ0n) is 3.38. The minimum atomic E-state index is -0.0586.